The second kappa shape index (κ2) is 3.58. The first-order valence-corrected chi connectivity index (χ1v) is 3.19. The molecule has 3 heteroatoms. The number of aldehydes is 1. The molecular weight excluding hydrogens is 118 g/mol. The first kappa shape index (κ1) is 6.71. The lowest BCUT2D eigenvalue weighted by atomic mass is 10.3. The number of hydrogen-bond donors (Lipinski definition) is 1. The molecule has 1 aliphatic heterocycles. The molecule has 1 saturated heterocycles. The molecule has 1 heterocycles. The van der Waals surface area contributed by atoms with Crippen LogP contribution in [0.5, 0.6) is 0 Å². The summed E-state index contributed by atoms with van der Waals surface area (Å²) in [7, 11) is 0. The van der Waals surface area contributed by atoms with Gasteiger partial charge in [0.05, 0.1) is 6.10 Å². The third kappa shape index (κ3) is 2.11. The van der Waals surface area contributed by atoms with Gasteiger partial charge < -0.3 is 14.8 Å². The first-order chi connectivity index (χ1) is 4.43. The van der Waals surface area contributed by atoms with Crippen LogP contribution in [0.3, 0.4) is 0 Å². The van der Waals surface area contributed by atoms with E-state index in [9.17, 15) is 4.79 Å². The Morgan fingerprint density at radius 1 is 1.78 bits per heavy atom. The number of ether oxygens (including phenoxy) is 1. The summed E-state index contributed by atoms with van der Waals surface area (Å²) in [6.07, 6.45) is 2.10. The molecule has 0 aromatic rings. The van der Waals surface area contributed by atoms with Crippen molar-refractivity contribution in [2.24, 2.45) is 0 Å². The standard InChI is InChI=1S/C6H11NO2/c8-3-4-9-6-1-2-7-5-6/h3,6-7H,1-2,4-5H2. The Kier molecular flexibility index (Phi) is 2.67. The van der Waals surface area contributed by atoms with Gasteiger partial charge in [0.15, 0.2) is 0 Å². The summed E-state index contributed by atoms with van der Waals surface area (Å²) in [5.41, 5.74) is 0. The largest absolute Gasteiger partial charge is 0.369 e. The lowest BCUT2D eigenvalue weighted by Gasteiger charge is -2.05. The van der Waals surface area contributed by atoms with Gasteiger partial charge in [0, 0.05) is 6.54 Å². The van der Waals surface area contributed by atoms with Crippen molar-refractivity contribution in [3.05, 3.63) is 0 Å². The van der Waals surface area contributed by atoms with Crippen LogP contribution in [0.4, 0.5) is 0 Å². The van der Waals surface area contributed by atoms with Crippen LogP contribution < -0.4 is 5.32 Å². The highest BCUT2D eigenvalue weighted by atomic mass is 16.5. The summed E-state index contributed by atoms with van der Waals surface area (Å²) in [4.78, 5) is 9.82. The zero-order valence-corrected chi connectivity index (χ0v) is 5.30. The quantitative estimate of drug-likeness (QED) is 0.525. The molecule has 0 aromatic heterocycles. The molecule has 1 fully saturated rings. The summed E-state index contributed by atoms with van der Waals surface area (Å²) < 4.78 is 5.12. The molecule has 0 aromatic carbocycles. The molecule has 0 aliphatic carbocycles. The normalized spacial score (nSPS) is 26.4. The zero-order chi connectivity index (χ0) is 6.53. The van der Waals surface area contributed by atoms with Crippen LogP contribution in [-0.2, 0) is 9.53 Å². The Balaban J connectivity index is 2.04. The SMILES string of the molecule is O=CCOC1CCNC1. The molecular formula is C6H11NO2. The van der Waals surface area contributed by atoms with E-state index < -0.39 is 0 Å². The van der Waals surface area contributed by atoms with Crippen molar-refractivity contribution in [3.8, 4) is 0 Å². The lowest BCUT2D eigenvalue weighted by Crippen LogP contribution is -2.17. The van der Waals surface area contributed by atoms with Gasteiger partial charge in [0.1, 0.15) is 12.9 Å². The average molecular weight is 129 g/mol. The van der Waals surface area contributed by atoms with E-state index in [-0.39, 0.29) is 12.7 Å². The average Bonchev–Trinajstić information content (AvgIpc) is 2.34. The highest BCUT2D eigenvalue weighted by molar-refractivity contribution is 5.50. The van der Waals surface area contributed by atoms with E-state index >= 15 is 0 Å². The monoisotopic (exact) mass is 129 g/mol. The van der Waals surface area contributed by atoms with Crippen molar-refractivity contribution in [1.82, 2.24) is 5.32 Å². The minimum absolute atomic E-state index is 0.242. The molecule has 1 aliphatic rings. The van der Waals surface area contributed by atoms with Gasteiger partial charge in [-0.25, -0.2) is 0 Å². The Labute approximate surface area is 54.4 Å². The first-order valence-electron chi connectivity index (χ1n) is 3.19. The molecule has 0 amide bonds. The minimum atomic E-state index is 0.242. The predicted octanol–water partition coefficient (Wildman–Crippen LogP) is -0.436. The molecule has 1 N–H and O–H groups in total. The van der Waals surface area contributed by atoms with Gasteiger partial charge in [0.2, 0.25) is 0 Å². The Morgan fingerprint density at radius 3 is 3.22 bits per heavy atom. The van der Waals surface area contributed by atoms with Gasteiger partial charge >= 0.3 is 0 Å². The number of carbonyl (C=O) groups is 1. The van der Waals surface area contributed by atoms with Crippen LogP contribution in [0.25, 0.3) is 0 Å². The van der Waals surface area contributed by atoms with Crippen molar-refractivity contribution in [2.45, 2.75) is 12.5 Å². The molecule has 52 valence electrons. The van der Waals surface area contributed by atoms with Crippen LogP contribution in [-0.4, -0.2) is 32.1 Å². The summed E-state index contributed by atoms with van der Waals surface area (Å²) >= 11 is 0. The third-order valence-electron chi connectivity index (χ3n) is 1.42. The van der Waals surface area contributed by atoms with E-state index in [1.165, 1.54) is 0 Å². The van der Waals surface area contributed by atoms with Crippen LogP contribution in [0, 0.1) is 0 Å². The van der Waals surface area contributed by atoms with E-state index in [0.29, 0.717) is 0 Å². The van der Waals surface area contributed by atoms with Crippen LogP contribution in [0.1, 0.15) is 6.42 Å². The van der Waals surface area contributed by atoms with Crippen LogP contribution in [0.2, 0.25) is 0 Å². The third-order valence-corrected chi connectivity index (χ3v) is 1.42. The second-order valence-electron chi connectivity index (χ2n) is 2.11. The van der Waals surface area contributed by atoms with Gasteiger partial charge in [-0.1, -0.05) is 0 Å². The van der Waals surface area contributed by atoms with Crippen molar-refractivity contribution in [3.63, 3.8) is 0 Å². The maximum absolute atomic E-state index is 9.82. The van der Waals surface area contributed by atoms with Gasteiger partial charge in [-0.2, -0.15) is 0 Å². The topological polar surface area (TPSA) is 38.3 Å². The summed E-state index contributed by atoms with van der Waals surface area (Å²) in [6, 6.07) is 0. The van der Waals surface area contributed by atoms with Gasteiger partial charge in [0.25, 0.3) is 0 Å². The smallest absolute Gasteiger partial charge is 0.145 e. The van der Waals surface area contributed by atoms with E-state index in [4.69, 9.17) is 4.74 Å². The van der Waals surface area contributed by atoms with Gasteiger partial charge in [-0.05, 0) is 13.0 Å². The molecule has 0 bridgehead atoms. The Bertz CT molecular complexity index is 89.1. The van der Waals surface area contributed by atoms with Crippen LogP contribution in [0.15, 0.2) is 0 Å². The number of hydrogen-bond acceptors (Lipinski definition) is 3. The van der Waals surface area contributed by atoms with E-state index in [1.807, 2.05) is 0 Å². The fourth-order valence-electron chi connectivity index (χ4n) is 0.946. The zero-order valence-electron chi connectivity index (χ0n) is 5.30. The maximum atomic E-state index is 9.82. The molecule has 1 unspecified atom stereocenters. The number of rotatable bonds is 3. The summed E-state index contributed by atoms with van der Waals surface area (Å²) in [5.74, 6) is 0. The second-order valence-corrected chi connectivity index (χ2v) is 2.11. The highest BCUT2D eigenvalue weighted by Gasteiger charge is 2.13. The number of nitrogens with one attached hydrogen (secondary N) is 1. The fraction of sp³-hybridized carbons (Fsp3) is 0.833. The minimum Gasteiger partial charge on any atom is -0.369 e. The summed E-state index contributed by atoms with van der Waals surface area (Å²) in [5, 5.41) is 3.14. The van der Waals surface area contributed by atoms with Crippen LogP contribution >= 0.6 is 0 Å². The molecule has 3 nitrogen and oxygen atoms in total. The molecule has 0 saturated carbocycles. The Morgan fingerprint density at radius 2 is 2.67 bits per heavy atom. The number of carbonyl (C=O) groups excluding carboxylic acids is 1. The van der Waals surface area contributed by atoms with E-state index in [2.05, 4.69) is 5.32 Å². The molecule has 0 radical (unpaired) electrons. The molecule has 1 atom stereocenters. The lowest BCUT2D eigenvalue weighted by molar-refractivity contribution is -0.113. The van der Waals surface area contributed by atoms with E-state index in [0.717, 1.165) is 25.8 Å². The van der Waals surface area contributed by atoms with Crippen molar-refractivity contribution in [1.29, 1.82) is 0 Å². The maximum Gasteiger partial charge on any atom is 0.145 e. The molecule has 9 heavy (non-hydrogen) atoms. The van der Waals surface area contributed by atoms with Crippen molar-refractivity contribution in [2.75, 3.05) is 19.7 Å². The Hall–Kier alpha value is -0.410. The van der Waals surface area contributed by atoms with Gasteiger partial charge in [-0.3, -0.25) is 0 Å². The molecule has 0 spiro atoms. The van der Waals surface area contributed by atoms with E-state index in [1.54, 1.807) is 0 Å². The summed E-state index contributed by atoms with van der Waals surface area (Å²) in [6.45, 7) is 2.16. The fourth-order valence-corrected chi connectivity index (χ4v) is 0.946. The molecule has 1 rings (SSSR count). The predicted molar refractivity (Wildman–Crippen MR) is 33.3 cm³/mol. The highest BCUT2D eigenvalue weighted by Crippen LogP contribution is 2.00. The van der Waals surface area contributed by atoms with Gasteiger partial charge in [-0.15, -0.1) is 0 Å². The van der Waals surface area contributed by atoms with Crippen molar-refractivity contribution < 1.29 is 9.53 Å². The van der Waals surface area contributed by atoms with Crippen molar-refractivity contribution >= 4 is 6.29 Å².